The average Bonchev–Trinajstić information content (AvgIpc) is 2.97. The van der Waals surface area contributed by atoms with Crippen LogP contribution >= 0.6 is 11.3 Å². The molecule has 0 bridgehead atoms. The summed E-state index contributed by atoms with van der Waals surface area (Å²) in [5, 5.41) is 2.04. The molecule has 0 atom stereocenters. The van der Waals surface area contributed by atoms with Crippen LogP contribution in [0.25, 0.3) is 11.3 Å². The summed E-state index contributed by atoms with van der Waals surface area (Å²) < 4.78 is 0. The maximum Gasteiger partial charge on any atom is 0.223 e. The van der Waals surface area contributed by atoms with Crippen LogP contribution in [0.15, 0.2) is 29.1 Å². The van der Waals surface area contributed by atoms with Gasteiger partial charge < -0.3 is 4.90 Å². The first kappa shape index (κ1) is 10.5. The highest BCUT2D eigenvalue weighted by molar-refractivity contribution is 7.07. The van der Waals surface area contributed by atoms with Crippen molar-refractivity contribution in [3.05, 3.63) is 34.7 Å². The molecule has 0 aliphatic carbocycles. The van der Waals surface area contributed by atoms with Crippen molar-refractivity contribution >= 4 is 22.9 Å². The Hall–Kier alpha value is -1.68. The van der Waals surface area contributed by atoms with E-state index in [2.05, 4.69) is 11.1 Å². The van der Waals surface area contributed by atoms with Crippen LogP contribution in [0.2, 0.25) is 0 Å². The smallest absolute Gasteiger partial charge is 0.223 e. The number of amides is 1. The van der Waals surface area contributed by atoms with Gasteiger partial charge in [-0.1, -0.05) is 6.07 Å². The number of anilines is 1. The van der Waals surface area contributed by atoms with Gasteiger partial charge in [0.05, 0.1) is 11.2 Å². The van der Waals surface area contributed by atoms with Gasteiger partial charge in [0.25, 0.3) is 0 Å². The minimum Gasteiger partial charge on any atom is -0.312 e. The van der Waals surface area contributed by atoms with Crippen LogP contribution in [0.3, 0.4) is 0 Å². The predicted molar refractivity (Wildman–Crippen MR) is 69.3 cm³/mol. The summed E-state index contributed by atoms with van der Waals surface area (Å²) in [6.07, 6.45) is 0.937. The molecule has 0 saturated heterocycles. The number of nitrogens with zero attached hydrogens (tertiary/aromatic N) is 2. The van der Waals surface area contributed by atoms with E-state index >= 15 is 0 Å². The number of benzene rings is 1. The number of rotatable bonds is 1. The Bertz CT molecular complexity index is 563. The summed E-state index contributed by atoms with van der Waals surface area (Å²) in [5.74, 6) is 0.116. The zero-order chi connectivity index (χ0) is 11.8. The van der Waals surface area contributed by atoms with Crippen molar-refractivity contribution in [3.8, 4) is 11.3 Å². The molecule has 2 aromatic rings. The van der Waals surface area contributed by atoms with Gasteiger partial charge in [0.15, 0.2) is 0 Å². The molecule has 1 aromatic carbocycles. The Balaban J connectivity index is 2.02. The molecule has 4 heteroatoms. The molecule has 2 heterocycles. The molecule has 0 unspecified atom stereocenters. The van der Waals surface area contributed by atoms with E-state index in [9.17, 15) is 4.79 Å². The average molecular weight is 244 g/mol. The molecule has 1 aliphatic heterocycles. The van der Waals surface area contributed by atoms with Gasteiger partial charge >= 0.3 is 0 Å². The first-order chi connectivity index (χ1) is 8.25. The quantitative estimate of drug-likeness (QED) is 0.772. The topological polar surface area (TPSA) is 33.2 Å². The molecule has 3 nitrogen and oxygen atoms in total. The van der Waals surface area contributed by atoms with Crippen molar-refractivity contribution in [2.24, 2.45) is 0 Å². The van der Waals surface area contributed by atoms with E-state index in [1.165, 1.54) is 5.56 Å². The van der Waals surface area contributed by atoms with Gasteiger partial charge in [-0.15, -0.1) is 11.3 Å². The third-order valence-corrected chi connectivity index (χ3v) is 3.67. The van der Waals surface area contributed by atoms with Crippen LogP contribution < -0.4 is 4.90 Å². The second-order valence-electron chi connectivity index (χ2n) is 4.14. The van der Waals surface area contributed by atoms with Gasteiger partial charge in [-0.2, -0.15) is 0 Å². The SMILES string of the molecule is CC(=O)N1CCc2cc(-c3cscn3)ccc21. The molecule has 17 heavy (non-hydrogen) atoms. The highest BCUT2D eigenvalue weighted by Crippen LogP contribution is 2.32. The lowest BCUT2D eigenvalue weighted by atomic mass is 10.1. The molecule has 3 rings (SSSR count). The third-order valence-electron chi connectivity index (χ3n) is 3.08. The Morgan fingerprint density at radius 3 is 3.06 bits per heavy atom. The van der Waals surface area contributed by atoms with Crippen LogP contribution in [0.1, 0.15) is 12.5 Å². The molecular weight excluding hydrogens is 232 g/mol. The van der Waals surface area contributed by atoms with Gasteiger partial charge in [-0.3, -0.25) is 4.79 Å². The number of aromatic nitrogens is 1. The van der Waals surface area contributed by atoms with E-state index < -0.39 is 0 Å². The molecule has 0 saturated carbocycles. The Kier molecular flexibility index (Phi) is 2.44. The summed E-state index contributed by atoms with van der Waals surface area (Å²) in [6, 6.07) is 6.21. The maximum absolute atomic E-state index is 11.4. The van der Waals surface area contributed by atoms with Crippen LogP contribution in [-0.2, 0) is 11.2 Å². The Morgan fingerprint density at radius 1 is 1.47 bits per heavy atom. The highest BCUT2D eigenvalue weighted by atomic mass is 32.1. The number of hydrogen-bond acceptors (Lipinski definition) is 3. The lowest BCUT2D eigenvalue weighted by Crippen LogP contribution is -2.25. The van der Waals surface area contributed by atoms with Crippen molar-refractivity contribution in [2.45, 2.75) is 13.3 Å². The molecule has 1 amide bonds. The fourth-order valence-corrected chi connectivity index (χ4v) is 2.80. The minimum absolute atomic E-state index is 0.116. The zero-order valence-electron chi connectivity index (χ0n) is 9.51. The molecule has 1 aromatic heterocycles. The Morgan fingerprint density at radius 2 is 2.35 bits per heavy atom. The van der Waals surface area contributed by atoms with E-state index in [1.807, 2.05) is 27.9 Å². The first-order valence-electron chi connectivity index (χ1n) is 5.55. The van der Waals surface area contributed by atoms with E-state index in [1.54, 1.807) is 18.3 Å². The van der Waals surface area contributed by atoms with Gasteiger partial charge in [0, 0.05) is 30.1 Å². The minimum atomic E-state index is 0.116. The maximum atomic E-state index is 11.4. The number of carbonyl (C=O) groups excluding carboxylic acids is 1. The van der Waals surface area contributed by atoms with Crippen molar-refractivity contribution < 1.29 is 4.79 Å². The van der Waals surface area contributed by atoms with Crippen molar-refractivity contribution in [1.82, 2.24) is 4.98 Å². The van der Waals surface area contributed by atoms with E-state index in [-0.39, 0.29) is 5.91 Å². The van der Waals surface area contributed by atoms with Crippen LogP contribution in [-0.4, -0.2) is 17.4 Å². The number of thiazole rings is 1. The highest BCUT2D eigenvalue weighted by Gasteiger charge is 2.22. The summed E-state index contributed by atoms with van der Waals surface area (Å²) in [6.45, 7) is 2.41. The van der Waals surface area contributed by atoms with Crippen molar-refractivity contribution in [3.63, 3.8) is 0 Å². The van der Waals surface area contributed by atoms with Gasteiger partial charge in [0.1, 0.15) is 0 Å². The lowest BCUT2D eigenvalue weighted by Gasteiger charge is -2.14. The van der Waals surface area contributed by atoms with Crippen LogP contribution in [0.5, 0.6) is 0 Å². The molecule has 86 valence electrons. The van der Waals surface area contributed by atoms with Gasteiger partial charge in [-0.25, -0.2) is 4.98 Å². The van der Waals surface area contributed by atoms with Gasteiger partial charge in [0.2, 0.25) is 5.91 Å². The summed E-state index contributed by atoms with van der Waals surface area (Å²) in [7, 11) is 0. The fourth-order valence-electron chi connectivity index (χ4n) is 2.24. The normalized spacial score (nSPS) is 13.8. The van der Waals surface area contributed by atoms with E-state index in [4.69, 9.17) is 0 Å². The number of fused-ring (bicyclic) bond motifs is 1. The fraction of sp³-hybridized carbons (Fsp3) is 0.231. The second kappa shape index (κ2) is 3.96. The van der Waals surface area contributed by atoms with E-state index in [0.717, 1.165) is 29.9 Å². The van der Waals surface area contributed by atoms with Gasteiger partial charge in [-0.05, 0) is 24.1 Å². The second-order valence-corrected chi connectivity index (χ2v) is 4.86. The summed E-state index contributed by atoms with van der Waals surface area (Å²) >= 11 is 1.60. The van der Waals surface area contributed by atoms with Crippen LogP contribution in [0.4, 0.5) is 5.69 Å². The standard InChI is InChI=1S/C13H12N2OS/c1-9(16)15-5-4-11-6-10(2-3-13(11)15)12-7-17-8-14-12/h2-3,6-8H,4-5H2,1H3. The largest absolute Gasteiger partial charge is 0.312 e. The summed E-state index contributed by atoms with van der Waals surface area (Å²) in [5.41, 5.74) is 6.28. The number of carbonyl (C=O) groups is 1. The van der Waals surface area contributed by atoms with E-state index in [0.29, 0.717) is 0 Å². The first-order valence-corrected chi connectivity index (χ1v) is 6.49. The molecule has 1 aliphatic rings. The van der Waals surface area contributed by atoms with Crippen molar-refractivity contribution in [1.29, 1.82) is 0 Å². The monoisotopic (exact) mass is 244 g/mol. The number of hydrogen-bond donors (Lipinski definition) is 0. The molecule has 0 N–H and O–H groups in total. The molecular formula is C13H12N2OS. The molecule has 0 spiro atoms. The van der Waals surface area contributed by atoms with Crippen molar-refractivity contribution in [2.75, 3.05) is 11.4 Å². The third kappa shape index (κ3) is 1.74. The molecule has 0 fully saturated rings. The van der Waals surface area contributed by atoms with Crippen LogP contribution in [0, 0.1) is 0 Å². The zero-order valence-corrected chi connectivity index (χ0v) is 10.3. The lowest BCUT2D eigenvalue weighted by molar-refractivity contribution is -0.116. The summed E-state index contributed by atoms with van der Waals surface area (Å²) in [4.78, 5) is 17.6. The Labute approximate surface area is 104 Å². The predicted octanol–water partition coefficient (Wildman–Crippen LogP) is 2.72. The molecule has 0 radical (unpaired) electrons.